The van der Waals surface area contributed by atoms with E-state index in [4.69, 9.17) is 9.83 Å². The van der Waals surface area contributed by atoms with Gasteiger partial charge in [-0.1, -0.05) is 43.7 Å². The first-order chi connectivity index (χ1) is 21.2. The zero-order valence-corrected chi connectivity index (χ0v) is 26.8. The van der Waals surface area contributed by atoms with Crippen molar-refractivity contribution in [3.05, 3.63) is 83.3 Å². The van der Waals surface area contributed by atoms with Gasteiger partial charge in [0.1, 0.15) is 23.4 Å². The van der Waals surface area contributed by atoms with Gasteiger partial charge in [-0.25, -0.2) is 14.2 Å². The molecular weight excluding hydrogens is 559 g/mol. The molecular formula is C34H49FN6O3. The number of hydrazone groups is 1. The van der Waals surface area contributed by atoms with Crippen LogP contribution >= 0.6 is 0 Å². The summed E-state index contributed by atoms with van der Waals surface area (Å²) in [6, 6.07) is -0.0715. The predicted molar refractivity (Wildman–Crippen MR) is 174 cm³/mol. The highest BCUT2D eigenvalue weighted by Crippen LogP contribution is 2.37. The molecule has 0 saturated carbocycles. The van der Waals surface area contributed by atoms with Crippen LogP contribution in [0.15, 0.2) is 93.4 Å². The van der Waals surface area contributed by atoms with E-state index in [0.717, 1.165) is 47.8 Å². The molecule has 4 N–H and O–H groups in total. The Balaban J connectivity index is 1.55. The Morgan fingerprint density at radius 3 is 2.80 bits per heavy atom. The molecule has 9 nitrogen and oxygen atoms in total. The van der Waals surface area contributed by atoms with E-state index >= 15 is 0 Å². The van der Waals surface area contributed by atoms with E-state index in [-0.39, 0.29) is 18.0 Å². The molecule has 4 heterocycles. The highest BCUT2D eigenvalue weighted by molar-refractivity contribution is 5.89. The summed E-state index contributed by atoms with van der Waals surface area (Å²) in [4.78, 5) is 15.7. The summed E-state index contributed by atoms with van der Waals surface area (Å²) < 4.78 is 13.9. The second-order valence-corrected chi connectivity index (χ2v) is 11.8. The first-order valence-corrected chi connectivity index (χ1v) is 15.9. The second-order valence-electron chi connectivity index (χ2n) is 11.8. The molecule has 0 saturated heterocycles. The van der Waals surface area contributed by atoms with Gasteiger partial charge < -0.3 is 25.3 Å². The van der Waals surface area contributed by atoms with Gasteiger partial charge in [-0.2, -0.15) is 10.7 Å². The summed E-state index contributed by atoms with van der Waals surface area (Å²) in [7, 11) is 0. The van der Waals surface area contributed by atoms with Crippen molar-refractivity contribution < 1.29 is 19.4 Å². The summed E-state index contributed by atoms with van der Waals surface area (Å²) >= 11 is 0. The Hall–Kier alpha value is -3.47. The van der Waals surface area contributed by atoms with Crippen molar-refractivity contribution in [2.45, 2.75) is 110 Å². The molecule has 0 aliphatic carbocycles. The minimum Gasteiger partial charge on any atom is -0.368 e. The maximum Gasteiger partial charge on any atom is 0.151 e. The summed E-state index contributed by atoms with van der Waals surface area (Å²) in [6.07, 6.45) is 21.8. The highest BCUT2D eigenvalue weighted by Gasteiger charge is 2.43. The Bertz CT molecular complexity index is 1310. The zero-order chi connectivity index (χ0) is 31.7. The molecule has 0 amide bonds. The molecule has 10 heteroatoms. The minimum absolute atomic E-state index is 0.0715. The van der Waals surface area contributed by atoms with Crippen molar-refractivity contribution in [2.24, 2.45) is 10.1 Å². The Kier molecular flexibility index (Phi) is 11.8. The van der Waals surface area contributed by atoms with E-state index in [2.05, 4.69) is 76.2 Å². The second kappa shape index (κ2) is 15.5. The van der Waals surface area contributed by atoms with Crippen LogP contribution in [0.3, 0.4) is 0 Å². The zero-order valence-electron chi connectivity index (χ0n) is 26.8. The van der Waals surface area contributed by atoms with Crippen LogP contribution in [0.1, 0.15) is 86.0 Å². The van der Waals surface area contributed by atoms with E-state index in [1.165, 1.54) is 17.8 Å². The number of amidine groups is 1. The van der Waals surface area contributed by atoms with Crippen molar-refractivity contribution in [1.29, 1.82) is 0 Å². The normalized spacial score (nSPS) is 26.5. The van der Waals surface area contributed by atoms with Gasteiger partial charge in [0.15, 0.2) is 6.29 Å². The molecule has 3 unspecified atom stereocenters. The van der Waals surface area contributed by atoms with Gasteiger partial charge in [0, 0.05) is 49.5 Å². The summed E-state index contributed by atoms with van der Waals surface area (Å²) in [6.45, 7) is 10.7. The first-order valence-electron chi connectivity index (χ1n) is 15.9. The number of aliphatic hydroxyl groups excluding tert-OH is 1. The third-order valence-electron chi connectivity index (χ3n) is 8.42. The largest absolute Gasteiger partial charge is 0.368 e. The van der Waals surface area contributed by atoms with Gasteiger partial charge in [0.25, 0.3) is 0 Å². The van der Waals surface area contributed by atoms with E-state index in [1.54, 1.807) is 6.92 Å². The molecule has 4 aliphatic heterocycles. The fourth-order valence-electron chi connectivity index (χ4n) is 5.97. The fourth-order valence-corrected chi connectivity index (χ4v) is 5.97. The summed E-state index contributed by atoms with van der Waals surface area (Å²) in [5.41, 5.74) is 7.53. The van der Waals surface area contributed by atoms with Crippen molar-refractivity contribution >= 4 is 11.5 Å². The van der Waals surface area contributed by atoms with Crippen molar-refractivity contribution in [2.75, 3.05) is 6.54 Å². The number of rotatable bonds is 13. The monoisotopic (exact) mass is 608 g/mol. The fraction of sp³-hybridized carbons (Fsp3) is 0.529. The molecule has 240 valence electrons. The molecule has 44 heavy (non-hydrogen) atoms. The van der Waals surface area contributed by atoms with Crippen LogP contribution in [-0.2, 0) is 4.84 Å². The van der Waals surface area contributed by atoms with Crippen LogP contribution < -0.4 is 10.9 Å². The van der Waals surface area contributed by atoms with Gasteiger partial charge in [-0.05, 0) is 77.2 Å². The van der Waals surface area contributed by atoms with Crippen LogP contribution in [0.5, 0.6) is 0 Å². The molecule has 0 aromatic rings. The molecule has 0 aromatic carbocycles. The number of fused-ring (bicyclic) bond motifs is 1. The Morgan fingerprint density at radius 2 is 2.07 bits per heavy atom. The number of hydrogen-bond donors (Lipinski definition) is 4. The SMILES string of the molecule is C/C=C1/CN(C(C)/C=C\C(F)=C/C)C(CCCCC(O)O)=N/C1=C/CC1=NNOC(C)(C2=C(CCC)N3C=CC=CC3N2)C1. The molecule has 4 aliphatic rings. The van der Waals surface area contributed by atoms with E-state index in [9.17, 15) is 14.6 Å². The maximum atomic E-state index is 13.9. The smallest absolute Gasteiger partial charge is 0.151 e. The van der Waals surface area contributed by atoms with E-state index in [0.29, 0.717) is 38.6 Å². The first kappa shape index (κ1) is 33.4. The molecule has 4 rings (SSSR count). The topological polar surface area (TPSA) is 105 Å². The number of halogens is 1. The molecule has 3 atom stereocenters. The van der Waals surface area contributed by atoms with Crippen LogP contribution in [0.25, 0.3) is 0 Å². The van der Waals surface area contributed by atoms with Gasteiger partial charge in [-0.15, -0.1) is 0 Å². The standard InChI is InChI=1S/C34H49FN6O3/c1-6-13-29-33(37-31-15-11-12-21-40(29)31)34(5)22-27(38-39-44-34)19-20-28-25(7-2)23-41(24(4)17-18-26(35)8-3)30(36-28)14-9-10-16-32(42)43/h7-8,11-12,15,17-18,20-21,24,31-32,37,39,42-43H,6,9-10,13-14,16,19,22-23H2,1-5H3/b18-17-,25-7-,26-8+,28-20+. The molecule has 0 fully saturated rings. The average molecular weight is 609 g/mol. The lowest BCUT2D eigenvalue weighted by Crippen LogP contribution is -2.46. The highest BCUT2D eigenvalue weighted by atomic mass is 19.1. The number of hydrogen-bond acceptors (Lipinski definition) is 9. The van der Waals surface area contributed by atoms with E-state index in [1.807, 2.05) is 19.9 Å². The molecule has 0 radical (unpaired) electrons. The van der Waals surface area contributed by atoms with Crippen LogP contribution in [0.2, 0.25) is 0 Å². The number of nitrogens with one attached hydrogen (secondary N) is 2. The van der Waals surface area contributed by atoms with Gasteiger partial charge in [-0.3, -0.25) is 0 Å². The minimum atomic E-state index is -1.31. The van der Waals surface area contributed by atoms with Crippen molar-refractivity contribution in [3.63, 3.8) is 0 Å². The number of nitrogens with zero attached hydrogens (tertiary/aromatic N) is 4. The van der Waals surface area contributed by atoms with Crippen molar-refractivity contribution in [3.8, 4) is 0 Å². The Morgan fingerprint density at radius 1 is 1.25 bits per heavy atom. The van der Waals surface area contributed by atoms with Crippen LogP contribution in [0.4, 0.5) is 4.39 Å². The lowest BCUT2D eigenvalue weighted by Gasteiger charge is -2.36. The van der Waals surface area contributed by atoms with Gasteiger partial charge >= 0.3 is 0 Å². The lowest BCUT2D eigenvalue weighted by molar-refractivity contribution is -0.0802. The quantitative estimate of drug-likeness (QED) is 0.116. The average Bonchev–Trinajstić information content (AvgIpc) is 3.40. The van der Waals surface area contributed by atoms with Crippen molar-refractivity contribution in [1.82, 2.24) is 20.7 Å². The molecule has 0 spiro atoms. The Labute approximate surface area is 261 Å². The third-order valence-corrected chi connectivity index (χ3v) is 8.42. The predicted octanol–water partition coefficient (Wildman–Crippen LogP) is 5.98. The number of aliphatic hydroxyl groups is 2. The van der Waals surface area contributed by atoms with Crippen LogP contribution in [0, 0.1) is 0 Å². The number of aliphatic imine (C=N–C) groups is 1. The van der Waals surface area contributed by atoms with Gasteiger partial charge in [0.2, 0.25) is 0 Å². The summed E-state index contributed by atoms with van der Waals surface area (Å²) in [5.74, 6) is 0.634. The summed E-state index contributed by atoms with van der Waals surface area (Å²) in [5, 5.41) is 26.8. The van der Waals surface area contributed by atoms with E-state index < -0.39 is 11.9 Å². The molecule has 0 aromatic heterocycles. The lowest BCUT2D eigenvalue weighted by atomic mass is 9.91. The third kappa shape index (κ3) is 8.16. The number of unbranched alkanes of at least 4 members (excludes halogenated alkanes) is 1. The maximum absolute atomic E-state index is 13.9. The van der Waals surface area contributed by atoms with Crippen LogP contribution in [-0.4, -0.2) is 62.2 Å². The molecule has 0 bridgehead atoms. The van der Waals surface area contributed by atoms with Gasteiger partial charge in [0.05, 0.1) is 11.4 Å². The number of allylic oxidation sites excluding steroid dienone is 8.